The summed E-state index contributed by atoms with van der Waals surface area (Å²) in [6, 6.07) is 3.20. The Labute approximate surface area is 111 Å². The molecule has 2 aromatic rings. The average molecular weight is 286 g/mol. The van der Waals surface area contributed by atoms with Crippen LogP contribution in [0.15, 0.2) is 30.6 Å². The van der Waals surface area contributed by atoms with Gasteiger partial charge in [-0.25, -0.2) is 9.18 Å². The van der Waals surface area contributed by atoms with Crippen LogP contribution in [0.1, 0.15) is 15.9 Å². The molecule has 0 radical (unpaired) electrons. The highest BCUT2D eigenvalue weighted by molar-refractivity contribution is 5.86. The Hall–Kier alpha value is -2.51. The van der Waals surface area contributed by atoms with Gasteiger partial charge in [0.05, 0.1) is 18.3 Å². The van der Waals surface area contributed by atoms with Crippen LogP contribution in [0.3, 0.4) is 0 Å². The molecule has 0 bridgehead atoms. The van der Waals surface area contributed by atoms with Crippen LogP contribution in [0, 0.1) is 5.82 Å². The first-order valence-corrected chi connectivity index (χ1v) is 5.44. The van der Waals surface area contributed by atoms with Gasteiger partial charge >= 0.3 is 12.6 Å². The summed E-state index contributed by atoms with van der Waals surface area (Å²) >= 11 is 0. The number of aromatic nitrogens is 2. The lowest BCUT2D eigenvalue weighted by atomic mass is 10.2. The lowest BCUT2D eigenvalue weighted by molar-refractivity contribution is -0.0506. The number of hydrogen-bond acceptors (Lipinski definition) is 3. The standard InChI is InChI=1S/C12H9F3N2O3/c13-9-2-1-7(10(3-9)20-12(14)15)5-17-6-8(4-16-17)11(18)19/h1-4,6,12H,5H2,(H,18,19). The highest BCUT2D eigenvalue weighted by Gasteiger charge is 2.13. The molecule has 8 heteroatoms. The number of benzene rings is 1. The minimum atomic E-state index is -3.08. The Morgan fingerprint density at radius 1 is 1.45 bits per heavy atom. The molecule has 5 nitrogen and oxygen atoms in total. The highest BCUT2D eigenvalue weighted by atomic mass is 19.3. The van der Waals surface area contributed by atoms with Gasteiger partial charge in [-0.05, 0) is 6.07 Å². The Morgan fingerprint density at radius 2 is 2.20 bits per heavy atom. The van der Waals surface area contributed by atoms with Crippen molar-refractivity contribution >= 4 is 5.97 Å². The monoisotopic (exact) mass is 286 g/mol. The van der Waals surface area contributed by atoms with Crippen LogP contribution in [0.4, 0.5) is 13.2 Å². The topological polar surface area (TPSA) is 64.3 Å². The van der Waals surface area contributed by atoms with Crippen LogP contribution in [0.25, 0.3) is 0 Å². The summed E-state index contributed by atoms with van der Waals surface area (Å²) in [6.07, 6.45) is 2.36. The molecular weight excluding hydrogens is 277 g/mol. The zero-order valence-electron chi connectivity index (χ0n) is 9.96. The Morgan fingerprint density at radius 3 is 2.80 bits per heavy atom. The molecule has 0 fully saturated rings. The van der Waals surface area contributed by atoms with Gasteiger partial charge in [0.1, 0.15) is 11.6 Å². The fraction of sp³-hybridized carbons (Fsp3) is 0.167. The van der Waals surface area contributed by atoms with Gasteiger partial charge in [-0.15, -0.1) is 0 Å². The fourth-order valence-corrected chi connectivity index (χ4v) is 1.60. The maximum absolute atomic E-state index is 13.0. The fourth-order valence-electron chi connectivity index (χ4n) is 1.60. The number of carboxylic acids is 1. The van der Waals surface area contributed by atoms with Crippen LogP contribution in [0.2, 0.25) is 0 Å². The van der Waals surface area contributed by atoms with E-state index in [0.717, 1.165) is 18.3 Å². The molecule has 0 saturated carbocycles. The van der Waals surface area contributed by atoms with Crippen molar-refractivity contribution in [1.29, 1.82) is 0 Å². The number of rotatable bonds is 5. The number of hydrogen-bond donors (Lipinski definition) is 1. The number of alkyl halides is 2. The predicted molar refractivity (Wildman–Crippen MR) is 61.3 cm³/mol. The first-order chi connectivity index (χ1) is 9.45. The maximum Gasteiger partial charge on any atom is 0.387 e. The second-order valence-electron chi connectivity index (χ2n) is 3.86. The Bertz CT molecular complexity index is 628. The van der Waals surface area contributed by atoms with E-state index in [1.54, 1.807) is 0 Å². The third-order valence-electron chi connectivity index (χ3n) is 2.46. The molecular formula is C12H9F3N2O3. The van der Waals surface area contributed by atoms with Gasteiger partial charge in [0.2, 0.25) is 0 Å². The van der Waals surface area contributed by atoms with E-state index in [1.165, 1.54) is 16.9 Å². The zero-order valence-corrected chi connectivity index (χ0v) is 9.96. The van der Waals surface area contributed by atoms with Crippen molar-refractivity contribution in [2.75, 3.05) is 0 Å². The molecule has 2 rings (SSSR count). The van der Waals surface area contributed by atoms with Crippen molar-refractivity contribution in [3.8, 4) is 5.75 Å². The third kappa shape index (κ3) is 3.28. The Kier molecular flexibility index (Phi) is 3.92. The summed E-state index contributed by atoms with van der Waals surface area (Å²) in [5.74, 6) is -2.18. The normalized spacial score (nSPS) is 10.8. The molecule has 0 atom stereocenters. The molecule has 1 heterocycles. The lowest BCUT2D eigenvalue weighted by Gasteiger charge is -2.10. The van der Waals surface area contributed by atoms with Gasteiger partial charge in [-0.1, -0.05) is 6.07 Å². The number of nitrogens with zero attached hydrogens (tertiary/aromatic N) is 2. The zero-order chi connectivity index (χ0) is 14.7. The predicted octanol–water partition coefficient (Wildman–Crippen LogP) is 2.37. The van der Waals surface area contributed by atoms with E-state index in [4.69, 9.17) is 5.11 Å². The van der Waals surface area contributed by atoms with Gasteiger partial charge in [0.25, 0.3) is 0 Å². The van der Waals surface area contributed by atoms with Crippen molar-refractivity contribution in [3.63, 3.8) is 0 Å². The minimum absolute atomic E-state index is 0.0182. The number of carboxylic acid groups (broad SMARTS) is 1. The first kappa shape index (κ1) is 13.9. The van der Waals surface area contributed by atoms with Crippen LogP contribution in [-0.4, -0.2) is 27.5 Å². The summed E-state index contributed by atoms with van der Waals surface area (Å²) in [5.41, 5.74) is 0.218. The van der Waals surface area contributed by atoms with E-state index in [9.17, 15) is 18.0 Å². The molecule has 0 amide bonds. The van der Waals surface area contributed by atoms with Crippen molar-refractivity contribution in [2.24, 2.45) is 0 Å². The molecule has 0 spiro atoms. The van der Waals surface area contributed by atoms with Crippen molar-refractivity contribution in [3.05, 3.63) is 47.5 Å². The van der Waals surface area contributed by atoms with Crippen molar-refractivity contribution in [1.82, 2.24) is 9.78 Å². The average Bonchev–Trinajstić information content (AvgIpc) is 2.80. The lowest BCUT2D eigenvalue weighted by Crippen LogP contribution is -2.08. The molecule has 0 unspecified atom stereocenters. The third-order valence-corrected chi connectivity index (χ3v) is 2.46. The minimum Gasteiger partial charge on any atom is -0.478 e. The van der Waals surface area contributed by atoms with Crippen molar-refractivity contribution < 1.29 is 27.8 Å². The SMILES string of the molecule is O=C(O)c1cnn(Cc2ccc(F)cc2OC(F)F)c1. The first-order valence-electron chi connectivity index (χ1n) is 5.44. The van der Waals surface area contributed by atoms with E-state index in [1.807, 2.05) is 0 Å². The number of carbonyl (C=O) groups is 1. The van der Waals surface area contributed by atoms with Gasteiger partial charge in [0, 0.05) is 17.8 Å². The highest BCUT2D eigenvalue weighted by Crippen LogP contribution is 2.23. The summed E-state index contributed by atoms with van der Waals surface area (Å²) in [6.45, 7) is -3.10. The number of ether oxygens (including phenoxy) is 1. The van der Waals surface area contributed by atoms with Crippen LogP contribution in [0.5, 0.6) is 5.75 Å². The second kappa shape index (κ2) is 5.64. The van der Waals surface area contributed by atoms with Gasteiger partial charge in [-0.2, -0.15) is 13.9 Å². The smallest absolute Gasteiger partial charge is 0.387 e. The summed E-state index contributed by atoms with van der Waals surface area (Å²) in [4.78, 5) is 10.7. The molecule has 1 aromatic carbocycles. The van der Waals surface area contributed by atoms with Crippen LogP contribution < -0.4 is 4.74 Å². The molecule has 106 valence electrons. The molecule has 1 N–H and O–H groups in total. The van der Waals surface area contributed by atoms with Crippen LogP contribution in [-0.2, 0) is 6.54 Å². The van der Waals surface area contributed by atoms with E-state index < -0.39 is 18.4 Å². The second-order valence-corrected chi connectivity index (χ2v) is 3.86. The quantitative estimate of drug-likeness (QED) is 0.916. The molecule has 0 aliphatic heterocycles. The van der Waals surface area contributed by atoms with Gasteiger partial charge < -0.3 is 9.84 Å². The number of halogens is 3. The van der Waals surface area contributed by atoms with Gasteiger partial charge in [-0.3, -0.25) is 4.68 Å². The summed E-state index contributed by atoms with van der Waals surface area (Å²) in [5, 5.41) is 12.5. The van der Waals surface area contributed by atoms with Crippen molar-refractivity contribution in [2.45, 2.75) is 13.2 Å². The summed E-state index contributed by atoms with van der Waals surface area (Å²) < 4.78 is 42.9. The maximum atomic E-state index is 13.0. The Balaban J connectivity index is 2.25. The van der Waals surface area contributed by atoms with Gasteiger partial charge in [0.15, 0.2) is 0 Å². The van der Waals surface area contributed by atoms with E-state index in [2.05, 4.69) is 9.84 Å². The largest absolute Gasteiger partial charge is 0.478 e. The van der Waals surface area contributed by atoms with E-state index in [0.29, 0.717) is 0 Å². The molecule has 20 heavy (non-hydrogen) atoms. The molecule has 0 aliphatic carbocycles. The van der Waals surface area contributed by atoms with Crippen LogP contribution >= 0.6 is 0 Å². The molecule has 0 aliphatic rings. The van der Waals surface area contributed by atoms with E-state index in [-0.39, 0.29) is 23.4 Å². The molecule has 0 saturated heterocycles. The number of aromatic carboxylic acids is 1. The molecule has 1 aromatic heterocycles. The summed E-state index contributed by atoms with van der Waals surface area (Å²) in [7, 11) is 0. The van der Waals surface area contributed by atoms with E-state index >= 15 is 0 Å².